The molecule has 2 atom stereocenters. The van der Waals surface area contributed by atoms with E-state index in [9.17, 15) is 31.2 Å². The van der Waals surface area contributed by atoms with Gasteiger partial charge in [-0.1, -0.05) is 12.1 Å². The molecule has 0 aliphatic rings. The highest BCUT2D eigenvalue weighted by Crippen LogP contribution is 2.33. The van der Waals surface area contributed by atoms with Crippen molar-refractivity contribution >= 4 is 21.9 Å². The van der Waals surface area contributed by atoms with Crippen LogP contribution < -0.4 is 10.0 Å². The summed E-state index contributed by atoms with van der Waals surface area (Å²) >= 11 is 0. The van der Waals surface area contributed by atoms with Gasteiger partial charge in [-0.05, 0) is 26.0 Å². The molecule has 0 bridgehead atoms. The van der Waals surface area contributed by atoms with Gasteiger partial charge in [0.15, 0.2) is 0 Å². The summed E-state index contributed by atoms with van der Waals surface area (Å²) in [6.45, 7) is 2.23. The maximum atomic E-state index is 12.9. The first-order chi connectivity index (χ1) is 10.9. The van der Waals surface area contributed by atoms with Crippen LogP contribution in [-0.4, -0.2) is 37.5 Å². The quantitative estimate of drug-likeness (QED) is 0.692. The summed E-state index contributed by atoms with van der Waals surface area (Å²) in [5, 5.41) is 10.7. The summed E-state index contributed by atoms with van der Waals surface area (Å²) in [4.78, 5) is 21.3. The predicted octanol–water partition coefficient (Wildman–Crippen LogP) is 0.962. The minimum Gasteiger partial charge on any atom is -0.480 e. The lowest BCUT2D eigenvalue weighted by atomic mass is 10.2. The topological polar surface area (TPSA) is 113 Å². The smallest absolute Gasteiger partial charge is 0.417 e. The normalized spacial score (nSPS) is 14.7. The maximum absolute atomic E-state index is 12.9. The monoisotopic (exact) mass is 368 g/mol. The Labute approximate surface area is 135 Å². The number of hydrogen-bond acceptors (Lipinski definition) is 4. The van der Waals surface area contributed by atoms with Crippen LogP contribution in [0.4, 0.5) is 13.2 Å². The lowest BCUT2D eigenvalue weighted by Gasteiger charge is -2.18. The summed E-state index contributed by atoms with van der Waals surface area (Å²) in [5.74, 6) is -2.33. The highest BCUT2D eigenvalue weighted by atomic mass is 32.2. The Morgan fingerprint density at radius 3 is 2.17 bits per heavy atom. The first kappa shape index (κ1) is 19.9. The van der Waals surface area contributed by atoms with Crippen LogP contribution in [-0.2, 0) is 25.8 Å². The number of aliphatic carboxylic acids is 1. The van der Waals surface area contributed by atoms with Crippen LogP contribution in [0.15, 0.2) is 29.2 Å². The van der Waals surface area contributed by atoms with Crippen LogP contribution in [0.3, 0.4) is 0 Å². The molecule has 1 rings (SSSR count). The minimum absolute atomic E-state index is 0.603. The minimum atomic E-state index is -4.89. The molecule has 1 aromatic carbocycles. The first-order valence-corrected chi connectivity index (χ1v) is 8.06. The molecule has 0 aromatic heterocycles. The number of alkyl halides is 3. The fraction of sp³-hybridized carbons (Fsp3) is 0.385. The molecule has 0 spiro atoms. The molecule has 11 heteroatoms. The average molecular weight is 368 g/mol. The molecule has 24 heavy (non-hydrogen) atoms. The van der Waals surface area contributed by atoms with Crippen molar-refractivity contribution in [3.05, 3.63) is 29.8 Å². The van der Waals surface area contributed by atoms with Gasteiger partial charge in [-0.2, -0.15) is 17.9 Å². The molecule has 0 fully saturated rings. The Hall–Kier alpha value is -2.14. The largest absolute Gasteiger partial charge is 0.480 e. The van der Waals surface area contributed by atoms with Crippen LogP contribution in [0, 0.1) is 0 Å². The standard InChI is InChI=1S/C13H15F3N2O5S/c1-7(11(19)17-8(2)12(20)21)18-24(22,23)10-6-4-3-5-9(10)13(14,15)16/h3-8,18H,1-2H3,(H,17,19)(H,20,21)/t7?,8-/m0/s1. The van der Waals surface area contributed by atoms with E-state index in [1.165, 1.54) is 0 Å². The molecule has 0 saturated heterocycles. The van der Waals surface area contributed by atoms with Gasteiger partial charge in [0, 0.05) is 0 Å². The number of carbonyl (C=O) groups excluding carboxylic acids is 1. The Morgan fingerprint density at radius 1 is 1.12 bits per heavy atom. The number of carboxylic acid groups (broad SMARTS) is 1. The van der Waals surface area contributed by atoms with Crippen LogP contribution in [0.25, 0.3) is 0 Å². The van der Waals surface area contributed by atoms with E-state index in [1.54, 1.807) is 4.72 Å². The lowest BCUT2D eigenvalue weighted by Crippen LogP contribution is -2.49. The molecule has 1 amide bonds. The van der Waals surface area contributed by atoms with E-state index < -0.39 is 50.6 Å². The Kier molecular flexibility index (Phi) is 5.95. The molecule has 3 N–H and O–H groups in total. The van der Waals surface area contributed by atoms with Crippen molar-refractivity contribution in [2.75, 3.05) is 0 Å². The molecule has 0 heterocycles. The fourth-order valence-electron chi connectivity index (χ4n) is 1.69. The van der Waals surface area contributed by atoms with Crippen molar-refractivity contribution in [3.8, 4) is 0 Å². The molecule has 0 aliphatic heterocycles. The van der Waals surface area contributed by atoms with E-state index in [0.29, 0.717) is 6.07 Å². The number of halogens is 3. The second-order valence-corrected chi connectivity index (χ2v) is 6.59. The van der Waals surface area contributed by atoms with Crippen molar-refractivity contribution in [3.63, 3.8) is 0 Å². The molecule has 134 valence electrons. The highest BCUT2D eigenvalue weighted by Gasteiger charge is 2.37. The summed E-state index contributed by atoms with van der Waals surface area (Å²) < 4.78 is 64.7. The van der Waals surface area contributed by atoms with Crippen LogP contribution in [0.5, 0.6) is 0 Å². The van der Waals surface area contributed by atoms with Crippen molar-refractivity contribution < 1.29 is 36.3 Å². The molecule has 0 saturated carbocycles. The van der Waals surface area contributed by atoms with E-state index >= 15 is 0 Å². The van der Waals surface area contributed by atoms with Gasteiger partial charge in [0.1, 0.15) is 6.04 Å². The number of carbonyl (C=O) groups is 2. The van der Waals surface area contributed by atoms with Crippen molar-refractivity contribution in [2.24, 2.45) is 0 Å². The third kappa shape index (κ3) is 4.93. The number of rotatable bonds is 6. The number of benzene rings is 1. The second kappa shape index (κ2) is 7.18. The first-order valence-electron chi connectivity index (χ1n) is 6.58. The zero-order chi connectivity index (χ0) is 18.7. The number of amides is 1. The van der Waals surface area contributed by atoms with Gasteiger partial charge in [-0.15, -0.1) is 0 Å². The Bertz CT molecular complexity index is 733. The van der Waals surface area contributed by atoms with Gasteiger partial charge in [0.2, 0.25) is 15.9 Å². The molecule has 0 radical (unpaired) electrons. The third-order valence-electron chi connectivity index (χ3n) is 2.94. The predicted molar refractivity (Wildman–Crippen MR) is 76.5 cm³/mol. The van der Waals surface area contributed by atoms with E-state index in [2.05, 4.69) is 0 Å². The fourth-order valence-corrected chi connectivity index (χ4v) is 3.12. The zero-order valence-electron chi connectivity index (χ0n) is 12.6. The summed E-state index contributed by atoms with van der Waals surface area (Å²) in [7, 11) is -4.65. The number of sulfonamides is 1. The van der Waals surface area contributed by atoms with Gasteiger partial charge in [-0.3, -0.25) is 9.59 Å². The average Bonchev–Trinajstić information content (AvgIpc) is 2.45. The molecule has 0 aliphatic carbocycles. The van der Waals surface area contributed by atoms with Crippen LogP contribution >= 0.6 is 0 Å². The number of hydrogen-bond donors (Lipinski definition) is 3. The molecule has 7 nitrogen and oxygen atoms in total. The van der Waals surface area contributed by atoms with Gasteiger partial charge in [-0.25, -0.2) is 8.42 Å². The van der Waals surface area contributed by atoms with E-state index in [4.69, 9.17) is 5.11 Å². The van der Waals surface area contributed by atoms with Crippen LogP contribution in [0.1, 0.15) is 19.4 Å². The third-order valence-corrected chi connectivity index (χ3v) is 4.54. The Balaban J connectivity index is 3.03. The molecule has 1 unspecified atom stereocenters. The molecule has 1 aromatic rings. The highest BCUT2D eigenvalue weighted by molar-refractivity contribution is 7.89. The van der Waals surface area contributed by atoms with Crippen LogP contribution in [0.2, 0.25) is 0 Å². The van der Waals surface area contributed by atoms with E-state index in [0.717, 1.165) is 32.0 Å². The molecular formula is C13H15F3N2O5S. The Morgan fingerprint density at radius 2 is 1.67 bits per heavy atom. The van der Waals surface area contributed by atoms with Crippen molar-refractivity contribution in [2.45, 2.75) is 37.0 Å². The lowest BCUT2D eigenvalue weighted by molar-refractivity contribution is -0.141. The van der Waals surface area contributed by atoms with Gasteiger partial charge in [0.25, 0.3) is 0 Å². The van der Waals surface area contributed by atoms with E-state index in [1.807, 2.05) is 5.32 Å². The van der Waals surface area contributed by atoms with Crippen molar-refractivity contribution in [1.29, 1.82) is 0 Å². The molecular weight excluding hydrogens is 353 g/mol. The van der Waals surface area contributed by atoms with Gasteiger partial charge >= 0.3 is 12.1 Å². The van der Waals surface area contributed by atoms with E-state index in [-0.39, 0.29) is 0 Å². The number of nitrogens with one attached hydrogen (secondary N) is 2. The SMILES string of the molecule is CC(NS(=O)(=O)c1ccccc1C(F)(F)F)C(=O)N[C@@H](C)C(=O)O. The maximum Gasteiger partial charge on any atom is 0.417 e. The second-order valence-electron chi connectivity index (χ2n) is 4.91. The summed E-state index contributed by atoms with van der Waals surface area (Å²) in [5.41, 5.74) is -1.37. The number of carboxylic acids is 1. The zero-order valence-corrected chi connectivity index (χ0v) is 13.4. The van der Waals surface area contributed by atoms with Gasteiger partial charge < -0.3 is 10.4 Å². The summed E-state index contributed by atoms with van der Waals surface area (Å²) in [6, 6.07) is 0.750. The van der Waals surface area contributed by atoms with Gasteiger partial charge in [0.05, 0.1) is 16.5 Å². The van der Waals surface area contributed by atoms with Crippen molar-refractivity contribution in [1.82, 2.24) is 10.0 Å². The summed E-state index contributed by atoms with van der Waals surface area (Å²) in [6.07, 6.45) is -4.89.